The van der Waals surface area contributed by atoms with E-state index < -0.39 is 0 Å². The topological polar surface area (TPSA) is 8.81 Å². The lowest BCUT2D eigenvalue weighted by atomic mass is 10.6. The van der Waals surface area contributed by atoms with Crippen molar-refractivity contribution in [1.82, 2.24) is 4.57 Å². The van der Waals surface area contributed by atoms with Crippen LogP contribution in [0.2, 0.25) is 0 Å². The third kappa shape index (κ3) is 1.71. The van der Waals surface area contributed by atoms with Gasteiger partial charge in [-0.15, -0.1) is 0 Å². The summed E-state index contributed by atoms with van der Waals surface area (Å²) in [4.78, 5) is 0. The largest absolute Gasteiger partial charge is 1.00 e. The highest BCUT2D eigenvalue weighted by Gasteiger charge is 2.05. The minimum absolute atomic E-state index is 0. The van der Waals surface area contributed by atoms with Crippen molar-refractivity contribution < 1.29 is 17.0 Å². The summed E-state index contributed by atoms with van der Waals surface area (Å²) in [5.41, 5.74) is 0. The molecule has 0 saturated carbocycles. The van der Waals surface area contributed by atoms with Gasteiger partial charge in [0, 0.05) is 6.08 Å². The van der Waals surface area contributed by atoms with Crippen LogP contribution in [0.25, 0.3) is 12.3 Å². The van der Waals surface area contributed by atoms with E-state index in [0.717, 1.165) is 5.82 Å². The summed E-state index contributed by atoms with van der Waals surface area (Å²) in [6, 6.07) is 0. The molecule has 0 fully saturated rings. The fraction of sp³-hybridized carbons (Fsp3) is 0.125. The molecule has 0 aliphatic rings. The number of nitrogens with zero attached hydrogens (tertiary/aromatic N) is 2. The molecule has 1 aromatic rings. The number of aromatic nitrogens is 2. The van der Waals surface area contributed by atoms with Crippen LogP contribution in [-0.2, 0) is 7.05 Å². The highest BCUT2D eigenvalue weighted by Crippen LogP contribution is 1.95. The molecule has 1 rings (SSSR count). The second-order valence-corrected chi connectivity index (χ2v) is 2.06. The standard InChI is InChI=1S/C8H11N2.ClH/c1-4-8-9(3)6-7-10(8)5-2;/h4-7H,1-2H2,3H3;1H/q+1;/p-1. The molecule has 0 atom stereocenters. The van der Waals surface area contributed by atoms with Gasteiger partial charge in [0.2, 0.25) is 0 Å². The van der Waals surface area contributed by atoms with Gasteiger partial charge in [-0.25, -0.2) is 9.13 Å². The SMILES string of the molecule is C=Cc1n(C=C)cc[n+]1C.[Cl-]. The van der Waals surface area contributed by atoms with E-state index >= 15 is 0 Å². The van der Waals surface area contributed by atoms with Gasteiger partial charge in [-0.2, -0.15) is 0 Å². The maximum atomic E-state index is 3.68. The third-order valence-corrected chi connectivity index (χ3v) is 1.46. The van der Waals surface area contributed by atoms with Crippen LogP contribution in [0.3, 0.4) is 0 Å². The molecule has 0 amide bonds. The monoisotopic (exact) mass is 170 g/mol. The predicted molar refractivity (Wildman–Crippen MR) is 42.1 cm³/mol. The molecule has 0 spiro atoms. The molecule has 0 radical (unpaired) electrons. The first kappa shape index (κ1) is 9.98. The fourth-order valence-electron chi connectivity index (χ4n) is 0.910. The first-order valence-electron chi connectivity index (χ1n) is 3.11. The minimum Gasteiger partial charge on any atom is -1.00 e. The molecule has 3 heteroatoms. The molecule has 0 aromatic carbocycles. The van der Waals surface area contributed by atoms with Crippen LogP contribution in [0.1, 0.15) is 5.82 Å². The molecule has 0 N–H and O–H groups in total. The summed E-state index contributed by atoms with van der Waals surface area (Å²) in [6.07, 6.45) is 7.43. The van der Waals surface area contributed by atoms with Gasteiger partial charge in [-0.3, -0.25) is 0 Å². The van der Waals surface area contributed by atoms with E-state index in [2.05, 4.69) is 13.2 Å². The Balaban J connectivity index is 0.000001000. The average Bonchev–Trinajstić information content (AvgIpc) is 2.30. The maximum absolute atomic E-state index is 3.68. The minimum atomic E-state index is 0. The molecule has 0 aliphatic carbocycles. The summed E-state index contributed by atoms with van der Waals surface area (Å²) in [6.45, 7) is 7.34. The van der Waals surface area contributed by atoms with Gasteiger partial charge in [-0.05, 0) is 0 Å². The summed E-state index contributed by atoms with van der Waals surface area (Å²) >= 11 is 0. The zero-order valence-corrected chi connectivity index (χ0v) is 7.25. The summed E-state index contributed by atoms with van der Waals surface area (Å²) in [7, 11) is 1.97. The van der Waals surface area contributed by atoms with E-state index in [4.69, 9.17) is 0 Å². The van der Waals surface area contributed by atoms with Crippen molar-refractivity contribution in [2.75, 3.05) is 0 Å². The Bertz CT molecular complexity index is 263. The number of aryl methyl sites for hydroxylation is 1. The summed E-state index contributed by atoms with van der Waals surface area (Å²) in [5, 5.41) is 0. The second-order valence-electron chi connectivity index (χ2n) is 2.06. The van der Waals surface area contributed by atoms with Crippen LogP contribution >= 0.6 is 0 Å². The Morgan fingerprint density at radius 2 is 2.18 bits per heavy atom. The Labute approximate surface area is 72.9 Å². The van der Waals surface area contributed by atoms with Crippen LogP contribution in [0, 0.1) is 0 Å². The van der Waals surface area contributed by atoms with E-state index in [0.29, 0.717) is 0 Å². The van der Waals surface area contributed by atoms with E-state index in [1.54, 1.807) is 12.3 Å². The lowest BCUT2D eigenvalue weighted by Gasteiger charge is -1.87. The first-order valence-corrected chi connectivity index (χ1v) is 3.11. The third-order valence-electron chi connectivity index (χ3n) is 1.46. The molecule has 0 saturated heterocycles. The highest BCUT2D eigenvalue weighted by atomic mass is 35.5. The Morgan fingerprint density at radius 3 is 2.55 bits per heavy atom. The number of imidazole rings is 1. The van der Waals surface area contributed by atoms with Gasteiger partial charge >= 0.3 is 0 Å². The molecule has 0 bridgehead atoms. The normalized spacial score (nSPS) is 8.45. The smallest absolute Gasteiger partial charge is 0.285 e. The van der Waals surface area contributed by atoms with Crippen molar-refractivity contribution in [3.8, 4) is 0 Å². The molecule has 0 unspecified atom stereocenters. The fourth-order valence-corrected chi connectivity index (χ4v) is 0.910. The van der Waals surface area contributed by atoms with Crippen molar-refractivity contribution in [1.29, 1.82) is 0 Å². The molecule has 11 heavy (non-hydrogen) atoms. The molecular formula is C8H11ClN2. The van der Waals surface area contributed by atoms with E-state index in [1.807, 2.05) is 28.6 Å². The number of hydrogen-bond donors (Lipinski definition) is 0. The van der Waals surface area contributed by atoms with Gasteiger partial charge in [-0.1, -0.05) is 13.2 Å². The summed E-state index contributed by atoms with van der Waals surface area (Å²) in [5.74, 6) is 1.04. The summed E-state index contributed by atoms with van der Waals surface area (Å²) < 4.78 is 3.89. The lowest BCUT2D eigenvalue weighted by Crippen LogP contribution is -3.00. The Hall–Kier alpha value is -1.02. The van der Waals surface area contributed by atoms with Gasteiger partial charge in [0.15, 0.2) is 0 Å². The Morgan fingerprint density at radius 1 is 1.55 bits per heavy atom. The van der Waals surface area contributed by atoms with Crippen molar-refractivity contribution in [3.63, 3.8) is 0 Å². The second kappa shape index (κ2) is 3.98. The Kier molecular flexibility index (Phi) is 3.61. The maximum Gasteiger partial charge on any atom is 0.285 e. The number of hydrogen-bond acceptors (Lipinski definition) is 0. The van der Waals surface area contributed by atoms with Gasteiger partial charge in [0.1, 0.15) is 12.4 Å². The molecule has 1 heterocycles. The quantitative estimate of drug-likeness (QED) is 0.457. The van der Waals surface area contributed by atoms with Crippen molar-refractivity contribution in [2.24, 2.45) is 7.05 Å². The van der Waals surface area contributed by atoms with Crippen LogP contribution in [-0.4, -0.2) is 4.57 Å². The van der Waals surface area contributed by atoms with Gasteiger partial charge in [0.05, 0.1) is 13.2 Å². The van der Waals surface area contributed by atoms with Gasteiger partial charge < -0.3 is 12.4 Å². The van der Waals surface area contributed by atoms with E-state index in [-0.39, 0.29) is 12.4 Å². The van der Waals surface area contributed by atoms with Crippen molar-refractivity contribution in [3.05, 3.63) is 31.4 Å². The molecule has 60 valence electrons. The van der Waals surface area contributed by atoms with Crippen molar-refractivity contribution >= 4 is 12.3 Å². The zero-order valence-electron chi connectivity index (χ0n) is 6.50. The number of rotatable bonds is 2. The molecule has 1 aromatic heterocycles. The van der Waals surface area contributed by atoms with Crippen LogP contribution in [0.15, 0.2) is 25.6 Å². The number of halogens is 1. The average molecular weight is 171 g/mol. The first-order chi connectivity index (χ1) is 4.79. The highest BCUT2D eigenvalue weighted by molar-refractivity contribution is 5.38. The van der Waals surface area contributed by atoms with E-state index in [1.165, 1.54) is 0 Å². The van der Waals surface area contributed by atoms with Crippen LogP contribution in [0.5, 0.6) is 0 Å². The molecule has 0 aliphatic heterocycles. The predicted octanol–water partition coefficient (Wildman–Crippen LogP) is -1.94. The van der Waals surface area contributed by atoms with Gasteiger partial charge in [0.25, 0.3) is 5.82 Å². The lowest BCUT2D eigenvalue weighted by molar-refractivity contribution is -0.672. The van der Waals surface area contributed by atoms with Crippen LogP contribution in [0.4, 0.5) is 0 Å². The molecule has 2 nitrogen and oxygen atoms in total. The van der Waals surface area contributed by atoms with E-state index in [9.17, 15) is 0 Å². The van der Waals surface area contributed by atoms with Crippen LogP contribution < -0.4 is 17.0 Å². The zero-order chi connectivity index (χ0) is 7.56. The molecular weight excluding hydrogens is 160 g/mol. The van der Waals surface area contributed by atoms with Crippen molar-refractivity contribution in [2.45, 2.75) is 0 Å².